The first-order valence-corrected chi connectivity index (χ1v) is 12.1. The average Bonchev–Trinajstić information content (AvgIpc) is 3.42. The molecule has 1 fully saturated rings. The van der Waals surface area contributed by atoms with Gasteiger partial charge in [-0.2, -0.15) is 0 Å². The van der Waals surface area contributed by atoms with Crippen LogP contribution in [0.3, 0.4) is 0 Å². The van der Waals surface area contributed by atoms with Gasteiger partial charge in [0, 0.05) is 31.0 Å². The van der Waals surface area contributed by atoms with Crippen molar-refractivity contribution in [2.75, 3.05) is 13.2 Å². The Bertz CT molecular complexity index is 1020. The summed E-state index contributed by atoms with van der Waals surface area (Å²) in [6, 6.07) is 15.7. The number of nitrogens with zero attached hydrogens (tertiary/aromatic N) is 1. The molecule has 1 aliphatic heterocycles. The maximum Gasteiger partial charge on any atom is 0.407 e. The average molecular weight is 465 g/mol. The van der Waals surface area contributed by atoms with Crippen molar-refractivity contribution in [3.63, 3.8) is 0 Å². The number of carbonyl (C=O) groups is 3. The van der Waals surface area contributed by atoms with Crippen molar-refractivity contribution in [2.45, 2.75) is 57.5 Å². The van der Waals surface area contributed by atoms with Gasteiger partial charge in [-0.1, -0.05) is 62.4 Å². The third-order valence-electron chi connectivity index (χ3n) is 7.18. The number of likely N-dealkylation sites (tertiary alicyclic amines) is 1. The van der Waals surface area contributed by atoms with E-state index in [1.54, 1.807) is 4.90 Å². The van der Waals surface area contributed by atoms with Gasteiger partial charge in [0.05, 0.1) is 5.92 Å². The fraction of sp³-hybridized carbons (Fsp3) is 0.444. The molecule has 2 aromatic carbocycles. The van der Waals surface area contributed by atoms with Crippen molar-refractivity contribution in [1.82, 2.24) is 10.2 Å². The van der Waals surface area contributed by atoms with Gasteiger partial charge < -0.3 is 20.1 Å². The van der Waals surface area contributed by atoms with Crippen LogP contribution in [0.4, 0.5) is 4.79 Å². The van der Waals surface area contributed by atoms with Gasteiger partial charge in [0.15, 0.2) is 0 Å². The maximum atomic E-state index is 12.9. The van der Waals surface area contributed by atoms with Crippen LogP contribution in [0.25, 0.3) is 11.1 Å². The van der Waals surface area contributed by atoms with E-state index < -0.39 is 18.0 Å². The molecular weight excluding hydrogens is 432 g/mol. The van der Waals surface area contributed by atoms with Crippen molar-refractivity contribution >= 4 is 18.0 Å². The summed E-state index contributed by atoms with van der Waals surface area (Å²) in [6.45, 7) is 4.46. The van der Waals surface area contributed by atoms with E-state index in [2.05, 4.69) is 29.6 Å². The van der Waals surface area contributed by atoms with Crippen LogP contribution < -0.4 is 5.32 Å². The minimum atomic E-state index is -0.856. The smallest absolute Gasteiger partial charge is 0.407 e. The Balaban J connectivity index is 1.35. The summed E-state index contributed by atoms with van der Waals surface area (Å²) in [5.74, 6) is -1.53. The summed E-state index contributed by atoms with van der Waals surface area (Å²) in [6.07, 6.45) is 1.22. The zero-order valence-corrected chi connectivity index (χ0v) is 19.7. The number of aliphatic carboxylic acids is 1. The highest BCUT2D eigenvalue weighted by atomic mass is 16.5. The third-order valence-corrected chi connectivity index (χ3v) is 7.18. The summed E-state index contributed by atoms with van der Waals surface area (Å²) in [5, 5.41) is 12.3. The number of hydrogen-bond acceptors (Lipinski definition) is 4. The molecular formula is C27H32N2O5. The second-order valence-corrected chi connectivity index (χ2v) is 9.08. The van der Waals surface area contributed by atoms with Crippen molar-refractivity contribution in [3.05, 3.63) is 59.7 Å². The second-order valence-electron chi connectivity index (χ2n) is 9.08. The molecule has 0 bridgehead atoms. The molecule has 1 aliphatic carbocycles. The molecule has 0 saturated carbocycles. The molecule has 180 valence electrons. The summed E-state index contributed by atoms with van der Waals surface area (Å²) >= 11 is 0. The molecule has 1 saturated heterocycles. The predicted octanol–water partition coefficient (Wildman–Crippen LogP) is 4.41. The summed E-state index contributed by atoms with van der Waals surface area (Å²) in [7, 11) is 0. The standard InChI is InChI=1S/C27H32N2O5/c1-3-17(15-25(30)29-14-13-22(26(31)32)24(29)4-2)28-27(33)34-16-23-20-11-7-5-9-18(20)19-10-6-8-12-21(19)23/h5-12,17,22-24H,3-4,13-16H2,1-2H3,(H,28,33)(H,31,32)/t17-,22?,24?/m1/s1. The Kier molecular flexibility index (Phi) is 7.20. The molecule has 7 heteroatoms. The van der Waals surface area contributed by atoms with Crippen LogP contribution in [-0.2, 0) is 14.3 Å². The molecule has 7 nitrogen and oxygen atoms in total. The molecule has 3 atom stereocenters. The fourth-order valence-electron chi connectivity index (χ4n) is 5.39. The van der Waals surface area contributed by atoms with Crippen molar-refractivity contribution in [2.24, 2.45) is 5.92 Å². The van der Waals surface area contributed by atoms with Crippen LogP contribution in [0.15, 0.2) is 48.5 Å². The normalized spacial score (nSPS) is 19.9. The first kappa shape index (κ1) is 23.8. The molecule has 0 aromatic heterocycles. The SMILES string of the molecule is CCC1C(C(=O)O)CCN1C(=O)C[C@@H](CC)NC(=O)OCC1c2ccccc2-c2ccccc21. The Morgan fingerprint density at radius 3 is 2.24 bits per heavy atom. The van der Waals surface area contributed by atoms with Gasteiger partial charge in [0.2, 0.25) is 5.91 Å². The zero-order valence-electron chi connectivity index (χ0n) is 19.7. The highest BCUT2D eigenvalue weighted by Crippen LogP contribution is 2.44. The largest absolute Gasteiger partial charge is 0.481 e. The number of carbonyl (C=O) groups excluding carboxylic acids is 2. The molecule has 0 spiro atoms. The van der Waals surface area contributed by atoms with E-state index in [0.29, 0.717) is 25.8 Å². The number of amides is 2. The zero-order chi connectivity index (χ0) is 24.2. The van der Waals surface area contributed by atoms with Gasteiger partial charge in [-0.3, -0.25) is 9.59 Å². The molecule has 2 amide bonds. The summed E-state index contributed by atoms with van der Waals surface area (Å²) in [5.41, 5.74) is 4.62. The molecule has 2 N–H and O–H groups in total. The first-order chi connectivity index (χ1) is 16.4. The number of alkyl carbamates (subject to hydrolysis) is 1. The van der Waals surface area contributed by atoms with Crippen LogP contribution in [0, 0.1) is 5.92 Å². The van der Waals surface area contributed by atoms with E-state index in [-0.39, 0.29) is 36.9 Å². The molecule has 2 aromatic rings. The maximum absolute atomic E-state index is 12.9. The second kappa shape index (κ2) is 10.3. The van der Waals surface area contributed by atoms with Gasteiger partial charge in [0.25, 0.3) is 0 Å². The van der Waals surface area contributed by atoms with E-state index >= 15 is 0 Å². The van der Waals surface area contributed by atoms with E-state index in [0.717, 1.165) is 11.1 Å². The van der Waals surface area contributed by atoms with Gasteiger partial charge in [-0.15, -0.1) is 0 Å². The van der Waals surface area contributed by atoms with Crippen LogP contribution in [0.5, 0.6) is 0 Å². The van der Waals surface area contributed by atoms with Crippen LogP contribution in [0.2, 0.25) is 0 Å². The Labute approximate surface area is 200 Å². The molecule has 2 unspecified atom stereocenters. The monoisotopic (exact) mass is 464 g/mol. The number of rotatable bonds is 8. The van der Waals surface area contributed by atoms with Gasteiger partial charge >= 0.3 is 12.1 Å². The number of benzene rings is 2. The highest BCUT2D eigenvalue weighted by molar-refractivity contribution is 5.81. The lowest BCUT2D eigenvalue weighted by Crippen LogP contribution is -2.44. The molecule has 1 heterocycles. The Hall–Kier alpha value is -3.35. The number of ether oxygens (including phenoxy) is 1. The van der Waals surface area contributed by atoms with E-state index in [9.17, 15) is 19.5 Å². The third kappa shape index (κ3) is 4.65. The Morgan fingerprint density at radius 2 is 1.68 bits per heavy atom. The van der Waals surface area contributed by atoms with E-state index in [1.165, 1.54) is 11.1 Å². The van der Waals surface area contributed by atoms with Crippen LogP contribution >= 0.6 is 0 Å². The highest BCUT2D eigenvalue weighted by Gasteiger charge is 2.40. The summed E-state index contributed by atoms with van der Waals surface area (Å²) in [4.78, 5) is 38.7. The van der Waals surface area contributed by atoms with Crippen molar-refractivity contribution in [1.29, 1.82) is 0 Å². The first-order valence-electron chi connectivity index (χ1n) is 12.1. The van der Waals surface area contributed by atoms with Crippen molar-refractivity contribution in [3.8, 4) is 11.1 Å². The van der Waals surface area contributed by atoms with Crippen LogP contribution in [0.1, 0.15) is 56.6 Å². The van der Waals surface area contributed by atoms with Crippen LogP contribution in [-0.4, -0.2) is 53.2 Å². The Morgan fingerprint density at radius 1 is 1.06 bits per heavy atom. The molecule has 2 aliphatic rings. The topological polar surface area (TPSA) is 95.9 Å². The molecule has 34 heavy (non-hydrogen) atoms. The number of nitrogens with one attached hydrogen (secondary N) is 1. The predicted molar refractivity (Wildman–Crippen MR) is 128 cm³/mol. The number of fused-ring (bicyclic) bond motifs is 3. The summed E-state index contributed by atoms with van der Waals surface area (Å²) < 4.78 is 5.62. The van der Waals surface area contributed by atoms with Gasteiger partial charge in [-0.05, 0) is 41.5 Å². The van der Waals surface area contributed by atoms with E-state index in [4.69, 9.17) is 4.74 Å². The fourth-order valence-corrected chi connectivity index (χ4v) is 5.39. The lowest BCUT2D eigenvalue weighted by atomic mass is 9.98. The lowest BCUT2D eigenvalue weighted by Gasteiger charge is -2.27. The number of carboxylic acid groups (broad SMARTS) is 1. The number of hydrogen-bond donors (Lipinski definition) is 2. The minimum absolute atomic E-state index is 0.0253. The number of carboxylic acids is 1. The quantitative estimate of drug-likeness (QED) is 0.604. The van der Waals surface area contributed by atoms with Gasteiger partial charge in [0.1, 0.15) is 6.61 Å². The minimum Gasteiger partial charge on any atom is -0.481 e. The lowest BCUT2D eigenvalue weighted by molar-refractivity contribution is -0.143. The molecule has 0 radical (unpaired) electrons. The molecule has 4 rings (SSSR count). The van der Waals surface area contributed by atoms with Crippen molar-refractivity contribution < 1.29 is 24.2 Å². The van der Waals surface area contributed by atoms with E-state index in [1.807, 2.05) is 38.1 Å². The van der Waals surface area contributed by atoms with Gasteiger partial charge in [-0.25, -0.2) is 4.79 Å².